The fourth-order valence-corrected chi connectivity index (χ4v) is 4.24. The highest BCUT2D eigenvalue weighted by Crippen LogP contribution is 2.37. The van der Waals surface area contributed by atoms with Crippen LogP contribution in [0.25, 0.3) is 10.8 Å². The predicted molar refractivity (Wildman–Crippen MR) is 125 cm³/mol. The third kappa shape index (κ3) is 4.53. The number of methoxy groups -OCH3 is 1. The number of Topliss-reactive ketones (excluding diaryl/α,β-unsaturated/α-hetero) is 1. The van der Waals surface area contributed by atoms with Crippen molar-refractivity contribution in [1.82, 2.24) is 0 Å². The summed E-state index contributed by atoms with van der Waals surface area (Å²) in [5.41, 5.74) is 2.53. The molecule has 1 saturated carbocycles. The van der Waals surface area contributed by atoms with E-state index in [0.29, 0.717) is 30.5 Å². The number of aliphatic hydroxyl groups is 1. The van der Waals surface area contributed by atoms with Crippen molar-refractivity contribution in [3.8, 4) is 5.75 Å². The second-order valence-electron chi connectivity index (χ2n) is 8.83. The molecule has 0 bridgehead atoms. The van der Waals surface area contributed by atoms with E-state index in [1.54, 1.807) is 7.11 Å². The summed E-state index contributed by atoms with van der Waals surface area (Å²) in [5.74, 6) is 0.781. The first-order valence-corrected chi connectivity index (χ1v) is 10.5. The maximum Gasteiger partial charge on any atom is 0.168 e. The lowest BCUT2D eigenvalue weighted by Crippen LogP contribution is -2.32. The molecule has 0 aliphatic heterocycles. The van der Waals surface area contributed by atoms with Gasteiger partial charge in [-0.05, 0) is 52.4 Å². The monoisotopic (exact) mass is 413 g/mol. The van der Waals surface area contributed by atoms with Crippen molar-refractivity contribution in [1.29, 1.82) is 0 Å². The summed E-state index contributed by atoms with van der Waals surface area (Å²) in [6, 6.07) is 21.5. The van der Waals surface area contributed by atoms with Crippen molar-refractivity contribution < 1.29 is 14.6 Å². The molecule has 0 aromatic heterocycles. The summed E-state index contributed by atoms with van der Waals surface area (Å²) in [5, 5.41) is 13.3. The number of fused-ring (bicyclic) bond motifs is 1. The van der Waals surface area contributed by atoms with Crippen LogP contribution in [0.3, 0.4) is 0 Å². The number of aliphatic imine (C=N–C) groups is 1. The molecule has 4 rings (SSSR count). The number of nitrogens with zero attached hydrogens (tertiary/aromatic N) is 1. The lowest BCUT2D eigenvalue weighted by Gasteiger charge is -2.31. The zero-order valence-corrected chi connectivity index (χ0v) is 18.2. The number of hydrogen-bond donors (Lipinski definition) is 1. The number of ketones is 1. The van der Waals surface area contributed by atoms with Gasteiger partial charge in [0, 0.05) is 12.8 Å². The van der Waals surface area contributed by atoms with Gasteiger partial charge in [0.05, 0.1) is 24.1 Å². The predicted octanol–water partition coefficient (Wildman–Crippen LogP) is 6.36. The highest BCUT2D eigenvalue weighted by atomic mass is 16.5. The van der Waals surface area contributed by atoms with E-state index in [4.69, 9.17) is 9.73 Å². The van der Waals surface area contributed by atoms with E-state index in [2.05, 4.69) is 13.8 Å². The van der Waals surface area contributed by atoms with Gasteiger partial charge < -0.3 is 9.84 Å². The van der Waals surface area contributed by atoms with Gasteiger partial charge in [-0.25, -0.2) is 0 Å². The molecule has 0 saturated heterocycles. The minimum atomic E-state index is -0.203. The Bertz CT molecular complexity index is 1180. The Morgan fingerprint density at radius 1 is 1.00 bits per heavy atom. The topological polar surface area (TPSA) is 58.9 Å². The summed E-state index contributed by atoms with van der Waals surface area (Å²) in [6.45, 7) is 4.12. The standard InChI is InChI=1S/C27H27NO3/c1-27(2)16-23(28-20-11-13-21(31-3)14-12-20)26(25(30)17-27)24(29)15-19-9-6-8-18-7-4-5-10-22(18)19/h4-14,29H,15-17H2,1-3H3/b26-24+,28-23?. The lowest BCUT2D eigenvalue weighted by molar-refractivity contribution is -0.117. The van der Waals surface area contributed by atoms with Crippen molar-refractivity contribution in [2.75, 3.05) is 7.11 Å². The molecule has 1 fully saturated rings. The van der Waals surface area contributed by atoms with Gasteiger partial charge in [0.25, 0.3) is 0 Å². The Morgan fingerprint density at radius 2 is 1.71 bits per heavy atom. The number of benzene rings is 3. The molecule has 1 aliphatic rings. The van der Waals surface area contributed by atoms with Gasteiger partial charge in [0.2, 0.25) is 0 Å². The normalized spacial score (nSPS) is 18.9. The molecule has 4 nitrogen and oxygen atoms in total. The van der Waals surface area contributed by atoms with Crippen LogP contribution in [0.2, 0.25) is 0 Å². The molecule has 4 heteroatoms. The zero-order chi connectivity index (χ0) is 22.0. The second-order valence-corrected chi connectivity index (χ2v) is 8.83. The van der Waals surface area contributed by atoms with Crippen LogP contribution in [0, 0.1) is 5.41 Å². The van der Waals surface area contributed by atoms with Crippen molar-refractivity contribution in [3.63, 3.8) is 0 Å². The molecule has 0 amide bonds. The van der Waals surface area contributed by atoms with Crippen LogP contribution in [-0.2, 0) is 11.2 Å². The van der Waals surface area contributed by atoms with Gasteiger partial charge in [-0.15, -0.1) is 0 Å². The molecular weight excluding hydrogens is 386 g/mol. The Kier molecular flexibility index (Phi) is 5.64. The first kappa shape index (κ1) is 20.9. The molecule has 1 N–H and O–H groups in total. The molecule has 0 atom stereocenters. The first-order valence-electron chi connectivity index (χ1n) is 10.5. The molecule has 0 spiro atoms. The van der Waals surface area contributed by atoms with E-state index in [1.165, 1.54) is 0 Å². The SMILES string of the molecule is COc1ccc(N=C2CC(C)(C)CC(=O)/C2=C(/O)Cc2cccc3ccccc23)cc1. The van der Waals surface area contributed by atoms with E-state index in [9.17, 15) is 9.90 Å². The molecule has 0 heterocycles. The van der Waals surface area contributed by atoms with Crippen LogP contribution < -0.4 is 4.74 Å². The minimum absolute atomic E-state index is 0.0544. The average molecular weight is 414 g/mol. The van der Waals surface area contributed by atoms with Gasteiger partial charge in [-0.1, -0.05) is 56.3 Å². The van der Waals surface area contributed by atoms with Gasteiger partial charge in [0.1, 0.15) is 11.5 Å². The van der Waals surface area contributed by atoms with Crippen molar-refractivity contribution in [2.24, 2.45) is 10.4 Å². The van der Waals surface area contributed by atoms with Crippen molar-refractivity contribution >= 4 is 28.0 Å². The molecule has 31 heavy (non-hydrogen) atoms. The molecule has 3 aromatic rings. The summed E-state index contributed by atoms with van der Waals surface area (Å²) < 4.78 is 5.22. The number of carbonyl (C=O) groups is 1. The van der Waals surface area contributed by atoms with Crippen molar-refractivity contribution in [3.05, 3.63) is 83.6 Å². The largest absolute Gasteiger partial charge is 0.511 e. The number of hydrogen-bond acceptors (Lipinski definition) is 4. The molecule has 1 aliphatic carbocycles. The second kappa shape index (κ2) is 8.38. The quantitative estimate of drug-likeness (QED) is 0.400. The Balaban J connectivity index is 1.76. The summed E-state index contributed by atoms with van der Waals surface area (Å²) in [6.07, 6.45) is 1.31. The highest BCUT2D eigenvalue weighted by molar-refractivity contribution is 6.25. The van der Waals surface area contributed by atoms with Crippen molar-refractivity contribution in [2.45, 2.75) is 33.1 Å². The number of carbonyl (C=O) groups excluding carboxylic acids is 1. The fourth-order valence-electron chi connectivity index (χ4n) is 4.24. The van der Waals surface area contributed by atoms with Crippen LogP contribution in [0.1, 0.15) is 32.3 Å². The van der Waals surface area contributed by atoms with Crippen LogP contribution in [0.4, 0.5) is 5.69 Å². The molecule has 0 radical (unpaired) electrons. The fraction of sp³-hybridized carbons (Fsp3) is 0.259. The molecule has 3 aromatic carbocycles. The minimum Gasteiger partial charge on any atom is -0.511 e. The summed E-state index contributed by atoms with van der Waals surface area (Å²) in [7, 11) is 1.62. The van der Waals surface area contributed by atoms with Gasteiger partial charge >= 0.3 is 0 Å². The molecule has 158 valence electrons. The lowest BCUT2D eigenvalue weighted by atomic mass is 9.73. The Hall–Kier alpha value is -3.40. The van der Waals surface area contributed by atoms with E-state index >= 15 is 0 Å². The van der Waals surface area contributed by atoms with E-state index < -0.39 is 0 Å². The third-order valence-corrected chi connectivity index (χ3v) is 5.72. The third-order valence-electron chi connectivity index (χ3n) is 5.72. The summed E-state index contributed by atoms with van der Waals surface area (Å²) >= 11 is 0. The zero-order valence-electron chi connectivity index (χ0n) is 18.2. The Morgan fingerprint density at radius 3 is 2.45 bits per heavy atom. The number of aliphatic hydroxyl groups excluding tert-OH is 1. The molecule has 0 unspecified atom stereocenters. The van der Waals surface area contributed by atoms with E-state index in [1.807, 2.05) is 66.7 Å². The Labute approximate surface area is 182 Å². The van der Waals surface area contributed by atoms with Gasteiger partial charge in [-0.3, -0.25) is 9.79 Å². The van der Waals surface area contributed by atoms with Gasteiger partial charge in [-0.2, -0.15) is 0 Å². The van der Waals surface area contributed by atoms with Crippen LogP contribution in [0.5, 0.6) is 5.75 Å². The number of allylic oxidation sites excluding steroid dienone is 2. The first-order chi connectivity index (χ1) is 14.9. The maximum atomic E-state index is 13.1. The smallest absolute Gasteiger partial charge is 0.168 e. The van der Waals surface area contributed by atoms with E-state index in [0.717, 1.165) is 27.8 Å². The van der Waals surface area contributed by atoms with E-state index in [-0.39, 0.29) is 17.0 Å². The maximum absolute atomic E-state index is 13.1. The number of rotatable bonds is 4. The number of ether oxygens (including phenoxy) is 1. The average Bonchev–Trinajstić information content (AvgIpc) is 2.73. The molecular formula is C27H27NO3. The van der Waals surface area contributed by atoms with Crippen LogP contribution in [0.15, 0.2) is 83.1 Å². The van der Waals surface area contributed by atoms with Crippen LogP contribution >= 0.6 is 0 Å². The van der Waals surface area contributed by atoms with Gasteiger partial charge in [0.15, 0.2) is 5.78 Å². The van der Waals surface area contributed by atoms with Crippen LogP contribution in [-0.4, -0.2) is 23.7 Å². The summed E-state index contributed by atoms with van der Waals surface area (Å²) in [4.78, 5) is 17.9. The highest BCUT2D eigenvalue weighted by Gasteiger charge is 2.36.